The van der Waals surface area contributed by atoms with Crippen LogP contribution in [0.5, 0.6) is 0 Å². The van der Waals surface area contributed by atoms with Gasteiger partial charge in [-0.05, 0) is 53.9 Å². The molecule has 1 saturated carbocycles. The Bertz CT molecular complexity index is 457. The van der Waals surface area contributed by atoms with E-state index in [9.17, 15) is 4.79 Å². The molecular formula is C15H21BrN2O. The summed E-state index contributed by atoms with van der Waals surface area (Å²) in [7, 11) is 0. The van der Waals surface area contributed by atoms with Crippen LogP contribution in [-0.4, -0.2) is 36.5 Å². The Morgan fingerprint density at radius 3 is 2.84 bits per heavy atom. The van der Waals surface area contributed by atoms with Gasteiger partial charge >= 0.3 is 0 Å². The van der Waals surface area contributed by atoms with Crippen molar-refractivity contribution in [3.8, 4) is 0 Å². The van der Waals surface area contributed by atoms with E-state index in [-0.39, 0.29) is 5.91 Å². The predicted molar refractivity (Wildman–Crippen MR) is 81.5 cm³/mol. The van der Waals surface area contributed by atoms with E-state index in [4.69, 9.17) is 0 Å². The largest absolute Gasteiger partial charge is 0.351 e. The van der Waals surface area contributed by atoms with Gasteiger partial charge in [0.15, 0.2) is 0 Å². The normalized spacial score (nSPS) is 14.7. The lowest BCUT2D eigenvalue weighted by atomic mass is 10.1. The molecule has 0 aromatic heterocycles. The van der Waals surface area contributed by atoms with Crippen LogP contribution in [0.2, 0.25) is 0 Å². The Hall–Kier alpha value is -0.870. The molecule has 0 aliphatic heterocycles. The number of carbonyl (C=O) groups is 1. The van der Waals surface area contributed by atoms with Gasteiger partial charge in [-0.15, -0.1) is 0 Å². The zero-order valence-corrected chi connectivity index (χ0v) is 13.2. The molecule has 0 radical (unpaired) electrons. The molecule has 3 nitrogen and oxygen atoms in total. The molecule has 1 aromatic carbocycles. The second-order valence-corrected chi connectivity index (χ2v) is 5.85. The standard InChI is InChI=1S/C15H21BrN2O/c1-3-18(12-7-8-12)10-9-17-15(19)13-6-4-5-11(2)14(13)16/h4-6,12H,3,7-10H2,1-2H3,(H,17,19). The van der Waals surface area contributed by atoms with Crippen molar-refractivity contribution in [2.75, 3.05) is 19.6 Å². The minimum atomic E-state index is 0.00225. The van der Waals surface area contributed by atoms with Crippen LogP contribution in [0.15, 0.2) is 22.7 Å². The van der Waals surface area contributed by atoms with Crippen LogP contribution in [0, 0.1) is 6.92 Å². The fourth-order valence-electron chi connectivity index (χ4n) is 2.27. The van der Waals surface area contributed by atoms with Crippen LogP contribution in [0.3, 0.4) is 0 Å². The maximum Gasteiger partial charge on any atom is 0.252 e. The van der Waals surface area contributed by atoms with E-state index in [0.29, 0.717) is 6.54 Å². The number of aryl methyl sites for hydroxylation is 1. The summed E-state index contributed by atoms with van der Waals surface area (Å²) < 4.78 is 0.891. The Balaban J connectivity index is 1.85. The summed E-state index contributed by atoms with van der Waals surface area (Å²) in [4.78, 5) is 14.5. The number of nitrogens with zero attached hydrogens (tertiary/aromatic N) is 1. The number of hydrogen-bond acceptors (Lipinski definition) is 2. The fourth-order valence-corrected chi connectivity index (χ4v) is 2.71. The van der Waals surface area contributed by atoms with Crippen molar-refractivity contribution in [1.82, 2.24) is 10.2 Å². The van der Waals surface area contributed by atoms with Gasteiger partial charge in [0, 0.05) is 23.6 Å². The van der Waals surface area contributed by atoms with Crippen LogP contribution in [0.1, 0.15) is 35.7 Å². The van der Waals surface area contributed by atoms with Gasteiger partial charge in [-0.25, -0.2) is 0 Å². The molecule has 4 heteroatoms. The molecule has 0 saturated heterocycles. The van der Waals surface area contributed by atoms with Crippen LogP contribution in [0.25, 0.3) is 0 Å². The molecule has 0 bridgehead atoms. The van der Waals surface area contributed by atoms with Crippen LogP contribution in [0.4, 0.5) is 0 Å². The minimum Gasteiger partial charge on any atom is -0.351 e. The van der Waals surface area contributed by atoms with Crippen molar-refractivity contribution in [2.45, 2.75) is 32.7 Å². The highest BCUT2D eigenvalue weighted by molar-refractivity contribution is 9.10. The number of rotatable bonds is 6. The maximum absolute atomic E-state index is 12.1. The van der Waals surface area contributed by atoms with Gasteiger partial charge in [-0.2, -0.15) is 0 Å². The number of benzene rings is 1. The second kappa shape index (κ2) is 6.53. The Morgan fingerprint density at radius 1 is 1.47 bits per heavy atom. The number of hydrogen-bond donors (Lipinski definition) is 1. The van der Waals surface area contributed by atoms with Crippen molar-refractivity contribution >= 4 is 21.8 Å². The topological polar surface area (TPSA) is 32.3 Å². The molecule has 104 valence electrons. The van der Waals surface area contributed by atoms with Gasteiger partial charge in [0.2, 0.25) is 0 Å². The fraction of sp³-hybridized carbons (Fsp3) is 0.533. The van der Waals surface area contributed by atoms with E-state index >= 15 is 0 Å². The van der Waals surface area contributed by atoms with E-state index < -0.39 is 0 Å². The highest BCUT2D eigenvalue weighted by Gasteiger charge is 2.27. The maximum atomic E-state index is 12.1. The Morgan fingerprint density at radius 2 is 2.21 bits per heavy atom. The number of nitrogens with one attached hydrogen (secondary N) is 1. The third kappa shape index (κ3) is 3.80. The first-order valence-corrected chi connectivity index (χ1v) is 7.70. The lowest BCUT2D eigenvalue weighted by Crippen LogP contribution is -2.36. The van der Waals surface area contributed by atoms with E-state index in [0.717, 1.165) is 34.7 Å². The quantitative estimate of drug-likeness (QED) is 0.872. The average Bonchev–Trinajstić information content (AvgIpc) is 3.22. The summed E-state index contributed by atoms with van der Waals surface area (Å²) in [5.41, 5.74) is 1.80. The van der Waals surface area contributed by atoms with Crippen LogP contribution >= 0.6 is 15.9 Å². The van der Waals surface area contributed by atoms with Crippen molar-refractivity contribution in [2.24, 2.45) is 0 Å². The minimum absolute atomic E-state index is 0.00225. The lowest BCUT2D eigenvalue weighted by Gasteiger charge is -2.19. The average molecular weight is 325 g/mol. The molecule has 19 heavy (non-hydrogen) atoms. The van der Waals surface area contributed by atoms with Crippen molar-refractivity contribution < 1.29 is 4.79 Å². The highest BCUT2D eigenvalue weighted by atomic mass is 79.9. The molecule has 1 N–H and O–H groups in total. The summed E-state index contributed by atoms with van der Waals surface area (Å²) in [6.45, 7) is 6.89. The summed E-state index contributed by atoms with van der Waals surface area (Å²) in [5.74, 6) is 0.00225. The zero-order valence-electron chi connectivity index (χ0n) is 11.6. The smallest absolute Gasteiger partial charge is 0.252 e. The highest BCUT2D eigenvalue weighted by Crippen LogP contribution is 2.26. The summed E-state index contributed by atoms with van der Waals surface area (Å²) >= 11 is 3.48. The summed E-state index contributed by atoms with van der Waals surface area (Å²) in [6.07, 6.45) is 2.62. The number of amides is 1. The molecule has 0 atom stereocenters. The van der Waals surface area contributed by atoms with E-state index in [1.54, 1.807) is 0 Å². The first-order chi connectivity index (χ1) is 9.13. The van der Waals surface area contributed by atoms with Crippen molar-refractivity contribution in [3.05, 3.63) is 33.8 Å². The van der Waals surface area contributed by atoms with Crippen molar-refractivity contribution in [1.29, 1.82) is 0 Å². The third-order valence-corrected chi connectivity index (χ3v) is 4.64. The SMILES string of the molecule is CCN(CCNC(=O)c1cccc(C)c1Br)C1CC1. The number of carbonyl (C=O) groups excluding carboxylic acids is 1. The van der Waals surface area contributed by atoms with Gasteiger partial charge in [-0.3, -0.25) is 9.69 Å². The van der Waals surface area contributed by atoms with Crippen molar-refractivity contribution in [3.63, 3.8) is 0 Å². The predicted octanol–water partition coefficient (Wildman–Crippen LogP) is 2.97. The van der Waals surface area contributed by atoms with Gasteiger partial charge in [0.25, 0.3) is 5.91 Å². The summed E-state index contributed by atoms with van der Waals surface area (Å²) in [6, 6.07) is 6.52. The van der Waals surface area contributed by atoms with Gasteiger partial charge < -0.3 is 5.32 Å². The van der Waals surface area contributed by atoms with E-state index in [1.807, 2.05) is 25.1 Å². The molecule has 0 spiro atoms. The zero-order chi connectivity index (χ0) is 13.8. The van der Waals surface area contributed by atoms with E-state index in [2.05, 4.69) is 33.1 Å². The first-order valence-electron chi connectivity index (χ1n) is 6.90. The molecule has 2 rings (SSSR count). The van der Waals surface area contributed by atoms with Crippen LogP contribution in [-0.2, 0) is 0 Å². The third-order valence-electron chi connectivity index (χ3n) is 3.59. The Kier molecular flexibility index (Phi) is 4.99. The van der Waals surface area contributed by atoms with Crippen LogP contribution < -0.4 is 5.32 Å². The number of halogens is 1. The van der Waals surface area contributed by atoms with Gasteiger partial charge in [0.1, 0.15) is 0 Å². The second-order valence-electron chi connectivity index (χ2n) is 5.05. The van der Waals surface area contributed by atoms with Gasteiger partial charge in [-0.1, -0.05) is 19.1 Å². The molecule has 1 amide bonds. The summed E-state index contributed by atoms with van der Waals surface area (Å²) in [5, 5.41) is 3.00. The first kappa shape index (κ1) is 14.5. The lowest BCUT2D eigenvalue weighted by molar-refractivity contribution is 0.0947. The number of likely N-dealkylation sites (N-methyl/N-ethyl adjacent to an activating group) is 1. The Labute approximate surface area is 123 Å². The molecule has 1 aliphatic carbocycles. The molecule has 1 fully saturated rings. The molecular weight excluding hydrogens is 304 g/mol. The van der Waals surface area contributed by atoms with E-state index in [1.165, 1.54) is 12.8 Å². The molecule has 0 heterocycles. The monoisotopic (exact) mass is 324 g/mol. The molecule has 0 unspecified atom stereocenters. The molecule has 1 aliphatic rings. The van der Waals surface area contributed by atoms with Gasteiger partial charge in [0.05, 0.1) is 5.56 Å². The molecule has 1 aromatic rings.